The number of fused-ring (bicyclic) bond motifs is 2. The zero-order valence-electron chi connectivity index (χ0n) is 16.6. The molecule has 140 valence electrons. The smallest absolute Gasteiger partial charge is 0.0689 e. The number of aliphatic hydroxyl groups excluding tert-OH is 1. The number of aliphatic hydroxyl groups is 1. The van der Waals surface area contributed by atoms with Crippen molar-refractivity contribution in [3.8, 4) is 0 Å². The average molecular weight is 338 g/mol. The molecule has 0 aromatic rings. The van der Waals surface area contributed by atoms with Crippen LogP contribution in [-0.4, -0.2) is 48.5 Å². The number of ether oxygens (including phenoxy) is 1. The molecule has 3 aliphatic rings. The van der Waals surface area contributed by atoms with Crippen molar-refractivity contribution in [3.05, 3.63) is 0 Å². The highest BCUT2D eigenvalue weighted by molar-refractivity contribution is 5.11. The number of rotatable bonds is 6. The SMILES string of the molecule is C[C@@H]1C[C@H](C)CN(C[C@@H](O)CCO[C@@H]2C[C@H]3CC[C@@]2(C)C3(C)C)C1. The van der Waals surface area contributed by atoms with E-state index in [2.05, 4.69) is 39.5 Å². The minimum atomic E-state index is -0.248. The predicted octanol–water partition coefficient (Wildman–Crippen LogP) is 3.95. The lowest BCUT2D eigenvalue weighted by Gasteiger charge is -2.39. The van der Waals surface area contributed by atoms with Gasteiger partial charge < -0.3 is 14.7 Å². The molecule has 24 heavy (non-hydrogen) atoms. The first-order valence-corrected chi connectivity index (χ1v) is 10.2. The molecule has 1 aliphatic heterocycles. The molecule has 3 nitrogen and oxygen atoms in total. The van der Waals surface area contributed by atoms with E-state index in [0.29, 0.717) is 23.5 Å². The van der Waals surface area contributed by atoms with Gasteiger partial charge >= 0.3 is 0 Å². The van der Waals surface area contributed by atoms with Crippen LogP contribution in [0.25, 0.3) is 0 Å². The Morgan fingerprint density at radius 1 is 1.12 bits per heavy atom. The topological polar surface area (TPSA) is 32.7 Å². The Morgan fingerprint density at radius 3 is 2.33 bits per heavy atom. The molecule has 0 spiro atoms. The second-order valence-electron chi connectivity index (χ2n) is 10.1. The van der Waals surface area contributed by atoms with Gasteiger partial charge in [0.15, 0.2) is 0 Å². The number of hydrogen-bond donors (Lipinski definition) is 1. The Bertz CT molecular complexity index is 428. The monoisotopic (exact) mass is 337 g/mol. The molecule has 1 N–H and O–H groups in total. The Balaban J connectivity index is 1.41. The van der Waals surface area contributed by atoms with E-state index in [9.17, 15) is 5.11 Å². The summed E-state index contributed by atoms with van der Waals surface area (Å²) >= 11 is 0. The van der Waals surface area contributed by atoms with E-state index in [1.165, 1.54) is 25.7 Å². The second-order valence-corrected chi connectivity index (χ2v) is 10.1. The van der Waals surface area contributed by atoms with E-state index in [0.717, 1.165) is 43.8 Å². The zero-order valence-corrected chi connectivity index (χ0v) is 16.6. The van der Waals surface area contributed by atoms with E-state index < -0.39 is 0 Å². The summed E-state index contributed by atoms with van der Waals surface area (Å²) in [6.45, 7) is 15.8. The van der Waals surface area contributed by atoms with Crippen LogP contribution in [-0.2, 0) is 4.74 Å². The van der Waals surface area contributed by atoms with Crippen LogP contribution in [0.3, 0.4) is 0 Å². The molecular formula is C21H39NO2. The number of nitrogens with zero attached hydrogens (tertiary/aromatic N) is 1. The maximum absolute atomic E-state index is 10.4. The van der Waals surface area contributed by atoms with E-state index >= 15 is 0 Å². The third kappa shape index (κ3) is 3.41. The van der Waals surface area contributed by atoms with Crippen molar-refractivity contribution in [2.24, 2.45) is 28.6 Å². The van der Waals surface area contributed by atoms with Gasteiger partial charge in [0.05, 0.1) is 12.2 Å². The van der Waals surface area contributed by atoms with Gasteiger partial charge in [-0.2, -0.15) is 0 Å². The Labute approximate surface area is 149 Å². The van der Waals surface area contributed by atoms with E-state index in [4.69, 9.17) is 4.74 Å². The van der Waals surface area contributed by atoms with Crippen LogP contribution in [0.15, 0.2) is 0 Å². The van der Waals surface area contributed by atoms with Gasteiger partial charge in [-0.15, -0.1) is 0 Å². The molecule has 3 rings (SSSR count). The molecule has 1 heterocycles. The standard InChI is InChI=1S/C21H39NO2/c1-15-10-16(2)13-22(12-15)14-18(23)7-9-24-19-11-17-6-8-21(19,5)20(17,3)4/h15-19,23H,6-14H2,1-5H3/t15-,16+,17-,18+,19-,21-/m1/s1. The Morgan fingerprint density at radius 2 is 1.79 bits per heavy atom. The van der Waals surface area contributed by atoms with Crippen LogP contribution >= 0.6 is 0 Å². The fourth-order valence-electron chi connectivity index (χ4n) is 6.06. The fourth-order valence-corrected chi connectivity index (χ4v) is 6.06. The molecular weight excluding hydrogens is 298 g/mol. The molecule has 0 radical (unpaired) electrons. The molecule has 0 unspecified atom stereocenters. The highest BCUT2D eigenvalue weighted by Crippen LogP contribution is 2.66. The zero-order chi connectivity index (χ0) is 17.5. The Kier molecular flexibility index (Phi) is 5.36. The highest BCUT2D eigenvalue weighted by Gasteiger charge is 2.61. The van der Waals surface area contributed by atoms with Crippen LogP contribution in [0.5, 0.6) is 0 Å². The van der Waals surface area contributed by atoms with Crippen molar-refractivity contribution in [1.82, 2.24) is 4.90 Å². The molecule has 0 amide bonds. The quantitative estimate of drug-likeness (QED) is 0.796. The lowest BCUT2D eigenvalue weighted by Crippen LogP contribution is -2.43. The molecule has 2 bridgehead atoms. The predicted molar refractivity (Wildman–Crippen MR) is 99.0 cm³/mol. The first-order chi connectivity index (χ1) is 11.2. The number of likely N-dealkylation sites (tertiary alicyclic amines) is 1. The van der Waals surface area contributed by atoms with Gasteiger partial charge in [0.25, 0.3) is 0 Å². The third-order valence-electron chi connectivity index (χ3n) is 7.90. The molecule has 0 aromatic heterocycles. The largest absolute Gasteiger partial charge is 0.392 e. The van der Waals surface area contributed by atoms with E-state index in [1.54, 1.807) is 0 Å². The molecule has 6 atom stereocenters. The number of hydrogen-bond acceptors (Lipinski definition) is 3. The van der Waals surface area contributed by atoms with Gasteiger partial charge in [-0.25, -0.2) is 0 Å². The number of piperidine rings is 1. The summed E-state index contributed by atoms with van der Waals surface area (Å²) in [7, 11) is 0. The minimum absolute atomic E-state index is 0.248. The van der Waals surface area contributed by atoms with Crippen molar-refractivity contribution in [2.75, 3.05) is 26.2 Å². The third-order valence-corrected chi connectivity index (χ3v) is 7.90. The van der Waals surface area contributed by atoms with Gasteiger partial charge in [0.2, 0.25) is 0 Å². The van der Waals surface area contributed by atoms with Crippen LogP contribution in [0.1, 0.15) is 66.7 Å². The van der Waals surface area contributed by atoms with Crippen LogP contribution in [0.2, 0.25) is 0 Å². The maximum atomic E-state index is 10.4. The average Bonchev–Trinajstić information content (AvgIpc) is 2.79. The van der Waals surface area contributed by atoms with Crippen LogP contribution in [0.4, 0.5) is 0 Å². The summed E-state index contributed by atoms with van der Waals surface area (Å²) in [5.74, 6) is 2.34. The van der Waals surface area contributed by atoms with Gasteiger partial charge in [-0.1, -0.05) is 34.6 Å². The first kappa shape index (κ1) is 18.7. The lowest BCUT2D eigenvalue weighted by atomic mass is 9.70. The summed E-state index contributed by atoms with van der Waals surface area (Å²) < 4.78 is 6.30. The normalized spacial score (nSPS) is 43.2. The van der Waals surface area contributed by atoms with Gasteiger partial charge in [0.1, 0.15) is 0 Å². The van der Waals surface area contributed by atoms with Crippen molar-refractivity contribution in [2.45, 2.75) is 78.9 Å². The van der Waals surface area contributed by atoms with E-state index in [1.807, 2.05) is 0 Å². The summed E-state index contributed by atoms with van der Waals surface area (Å²) in [6, 6.07) is 0. The molecule has 3 fully saturated rings. The summed E-state index contributed by atoms with van der Waals surface area (Å²) in [4.78, 5) is 2.45. The van der Waals surface area contributed by atoms with Gasteiger partial charge in [0, 0.05) is 26.2 Å². The molecule has 2 saturated carbocycles. The minimum Gasteiger partial charge on any atom is -0.392 e. The molecule has 0 aromatic carbocycles. The summed E-state index contributed by atoms with van der Waals surface area (Å²) in [5.41, 5.74) is 0.747. The Hall–Kier alpha value is -0.120. The second kappa shape index (κ2) is 6.89. The first-order valence-electron chi connectivity index (χ1n) is 10.2. The highest BCUT2D eigenvalue weighted by atomic mass is 16.5. The number of β-amino-alcohol motifs (C(OH)–C–C–N with tert-alkyl or cyclic N) is 1. The van der Waals surface area contributed by atoms with Crippen molar-refractivity contribution in [3.63, 3.8) is 0 Å². The van der Waals surface area contributed by atoms with Crippen molar-refractivity contribution in [1.29, 1.82) is 0 Å². The van der Waals surface area contributed by atoms with Gasteiger partial charge in [-0.05, 0) is 60.7 Å². The van der Waals surface area contributed by atoms with Crippen LogP contribution < -0.4 is 0 Å². The van der Waals surface area contributed by atoms with E-state index in [-0.39, 0.29) is 6.10 Å². The molecule has 1 saturated heterocycles. The van der Waals surface area contributed by atoms with Crippen molar-refractivity contribution < 1.29 is 9.84 Å². The fraction of sp³-hybridized carbons (Fsp3) is 1.00. The maximum Gasteiger partial charge on any atom is 0.0689 e. The van der Waals surface area contributed by atoms with Gasteiger partial charge in [-0.3, -0.25) is 0 Å². The molecule has 3 heteroatoms. The lowest BCUT2D eigenvalue weighted by molar-refractivity contribution is -0.0572. The van der Waals surface area contributed by atoms with Crippen LogP contribution in [0, 0.1) is 28.6 Å². The summed E-state index contributed by atoms with van der Waals surface area (Å²) in [5, 5.41) is 10.4. The van der Waals surface area contributed by atoms with Crippen molar-refractivity contribution >= 4 is 0 Å². The molecule has 2 aliphatic carbocycles. The summed E-state index contributed by atoms with van der Waals surface area (Å²) in [6.07, 6.45) is 6.15.